The molecule has 0 fully saturated rings. The molecule has 0 aliphatic heterocycles. The van der Waals surface area contributed by atoms with E-state index in [1.165, 1.54) is 0 Å². The van der Waals surface area contributed by atoms with Crippen molar-refractivity contribution >= 4 is 5.69 Å². The summed E-state index contributed by atoms with van der Waals surface area (Å²) in [5.41, 5.74) is 6.91. The van der Waals surface area contributed by atoms with E-state index in [4.69, 9.17) is 12.2 Å². The Morgan fingerprint density at radius 3 is 2.75 bits per heavy atom. The highest BCUT2D eigenvalue weighted by atomic mass is 16.3. The summed E-state index contributed by atoms with van der Waals surface area (Å²) in [6, 6.07) is 7.17. The molecule has 12 heavy (non-hydrogen) atoms. The van der Waals surface area contributed by atoms with E-state index in [0.29, 0.717) is 17.7 Å². The van der Waals surface area contributed by atoms with Gasteiger partial charge in [0.25, 0.3) is 0 Å². The van der Waals surface area contributed by atoms with E-state index in [1.54, 1.807) is 12.1 Å². The van der Waals surface area contributed by atoms with E-state index in [9.17, 15) is 5.11 Å². The number of anilines is 1. The Morgan fingerprint density at radius 2 is 2.17 bits per heavy atom. The molecule has 0 amide bonds. The van der Waals surface area contributed by atoms with Crippen molar-refractivity contribution in [2.24, 2.45) is 0 Å². The predicted octanol–water partition coefficient (Wildman–Crippen LogP) is 1.33. The van der Waals surface area contributed by atoms with Gasteiger partial charge in [0.2, 0.25) is 0 Å². The second-order valence-corrected chi connectivity index (χ2v) is 2.55. The molecule has 0 aliphatic carbocycles. The molecule has 0 bridgehead atoms. The summed E-state index contributed by atoms with van der Waals surface area (Å²) in [6.45, 7) is 0. The molecule has 0 radical (unpaired) electrons. The first kappa shape index (κ1) is 8.63. The van der Waals surface area contributed by atoms with Gasteiger partial charge in [-0.3, -0.25) is 0 Å². The lowest BCUT2D eigenvalue weighted by Crippen LogP contribution is -2.00. The number of nitrogens with two attached hydrogens (primary N) is 1. The Bertz CT molecular complexity index is 301. The quantitative estimate of drug-likeness (QED) is 0.507. The minimum atomic E-state index is -0.642. The van der Waals surface area contributed by atoms with Crippen LogP contribution >= 0.6 is 0 Å². The van der Waals surface area contributed by atoms with E-state index in [0.717, 1.165) is 0 Å². The monoisotopic (exact) mass is 161 g/mol. The number of hydrogen-bond acceptors (Lipinski definition) is 2. The van der Waals surface area contributed by atoms with Gasteiger partial charge in [-0.2, -0.15) is 0 Å². The fourth-order valence-corrected chi connectivity index (χ4v) is 1.04. The van der Waals surface area contributed by atoms with E-state index < -0.39 is 6.10 Å². The Morgan fingerprint density at radius 1 is 1.50 bits per heavy atom. The number of rotatable bonds is 2. The zero-order valence-electron chi connectivity index (χ0n) is 6.70. The van der Waals surface area contributed by atoms with Crippen LogP contribution in [0.15, 0.2) is 24.3 Å². The van der Waals surface area contributed by atoms with E-state index >= 15 is 0 Å². The maximum atomic E-state index is 9.48. The molecule has 0 aliphatic rings. The maximum Gasteiger partial charge on any atom is 0.0918 e. The van der Waals surface area contributed by atoms with Gasteiger partial charge in [-0.15, -0.1) is 12.3 Å². The van der Waals surface area contributed by atoms with Gasteiger partial charge in [0.15, 0.2) is 0 Å². The molecule has 3 N–H and O–H groups in total. The Balaban J connectivity index is 2.88. The lowest BCUT2D eigenvalue weighted by molar-refractivity contribution is 0.185. The fraction of sp³-hybridized carbons (Fsp3) is 0.200. The van der Waals surface area contributed by atoms with Crippen LogP contribution in [0.25, 0.3) is 0 Å². The van der Waals surface area contributed by atoms with Crippen molar-refractivity contribution in [1.82, 2.24) is 0 Å². The number of aliphatic hydroxyl groups is 1. The molecule has 62 valence electrons. The van der Waals surface area contributed by atoms with Gasteiger partial charge in [-0.1, -0.05) is 18.2 Å². The third-order valence-electron chi connectivity index (χ3n) is 1.67. The molecular formula is C10H11NO. The van der Waals surface area contributed by atoms with Crippen LogP contribution in [0, 0.1) is 12.3 Å². The first-order valence-electron chi connectivity index (χ1n) is 3.71. The van der Waals surface area contributed by atoms with E-state index in [2.05, 4.69) is 5.92 Å². The summed E-state index contributed by atoms with van der Waals surface area (Å²) >= 11 is 0. The van der Waals surface area contributed by atoms with Gasteiger partial charge in [0.05, 0.1) is 6.10 Å². The van der Waals surface area contributed by atoms with Gasteiger partial charge in [0.1, 0.15) is 0 Å². The van der Waals surface area contributed by atoms with Crippen molar-refractivity contribution in [1.29, 1.82) is 0 Å². The number of aliphatic hydroxyl groups excluding tert-OH is 1. The number of benzene rings is 1. The third-order valence-corrected chi connectivity index (χ3v) is 1.67. The van der Waals surface area contributed by atoms with Crippen molar-refractivity contribution < 1.29 is 5.11 Å². The van der Waals surface area contributed by atoms with Crippen LogP contribution in [0.4, 0.5) is 5.69 Å². The number of para-hydroxylation sites is 1. The average Bonchev–Trinajstić information content (AvgIpc) is 2.05. The van der Waals surface area contributed by atoms with Crippen LogP contribution in [0.3, 0.4) is 0 Å². The smallest absolute Gasteiger partial charge is 0.0918 e. The van der Waals surface area contributed by atoms with Gasteiger partial charge >= 0.3 is 0 Å². The van der Waals surface area contributed by atoms with Crippen LogP contribution in [-0.2, 0) is 0 Å². The first-order chi connectivity index (χ1) is 5.75. The summed E-state index contributed by atoms with van der Waals surface area (Å²) in [5.74, 6) is 2.39. The second-order valence-electron chi connectivity index (χ2n) is 2.55. The SMILES string of the molecule is C#CCC(O)c1ccccc1N. The van der Waals surface area contributed by atoms with E-state index in [-0.39, 0.29) is 0 Å². The average molecular weight is 161 g/mol. The lowest BCUT2D eigenvalue weighted by Gasteiger charge is -2.09. The molecule has 1 aromatic rings. The van der Waals surface area contributed by atoms with Crippen molar-refractivity contribution in [2.75, 3.05) is 5.73 Å². The molecule has 1 atom stereocenters. The highest BCUT2D eigenvalue weighted by molar-refractivity contribution is 5.47. The Labute approximate surface area is 72.0 Å². The van der Waals surface area contributed by atoms with Gasteiger partial charge < -0.3 is 10.8 Å². The summed E-state index contributed by atoms with van der Waals surface area (Å²) in [4.78, 5) is 0. The molecule has 0 spiro atoms. The summed E-state index contributed by atoms with van der Waals surface area (Å²) in [6.07, 6.45) is 4.72. The van der Waals surface area contributed by atoms with Crippen LogP contribution in [0.1, 0.15) is 18.1 Å². The number of terminal acetylenes is 1. The highest BCUT2D eigenvalue weighted by Gasteiger charge is 2.07. The molecular weight excluding hydrogens is 150 g/mol. The van der Waals surface area contributed by atoms with Crippen molar-refractivity contribution in [2.45, 2.75) is 12.5 Å². The zero-order chi connectivity index (χ0) is 8.97. The maximum absolute atomic E-state index is 9.48. The van der Waals surface area contributed by atoms with Gasteiger partial charge in [-0.25, -0.2) is 0 Å². The minimum Gasteiger partial charge on any atom is -0.398 e. The second kappa shape index (κ2) is 3.80. The van der Waals surface area contributed by atoms with E-state index in [1.807, 2.05) is 12.1 Å². The molecule has 1 rings (SSSR count). The van der Waals surface area contributed by atoms with Crippen molar-refractivity contribution in [3.63, 3.8) is 0 Å². The lowest BCUT2D eigenvalue weighted by atomic mass is 10.1. The molecule has 0 saturated carbocycles. The predicted molar refractivity (Wildman–Crippen MR) is 49.3 cm³/mol. The van der Waals surface area contributed by atoms with Gasteiger partial charge in [-0.05, 0) is 6.07 Å². The molecule has 1 unspecified atom stereocenters. The van der Waals surface area contributed by atoms with Crippen molar-refractivity contribution in [3.8, 4) is 12.3 Å². The summed E-state index contributed by atoms with van der Waals surface area (Å²) < 4.78 is 0. The summed E-state index contributed by atoms with van der Waals surface area (Å²) in [7, 11) is 0. The topological polar surface area (TPSA) is 46.2 Å². The standard InChI is InChI=1S/C10H11NO/c1-2-5-10(12)8-6-3-4-7-9(8)11/h1,3-4,6-7,10,12H,5,11H2. The molecule has 0 saturated heterocycles. The molecule has 1 aromatic carbocycles. The molecule has 0 heterocycles. The number of hydrogen-bond donors (Lipinski definition) is 2. The Kier molecular flexibility index (Phi) is 2.73. The molecule has 2 nitrogen and oxygen atoms in total. The van der Waals surface area contributed by atoms with Gasteiger partial charge in [0, 0.05) is 17.7 Å². The first-order valence-corrected chi connectivity index (χ1v) is 3.71. The minimum absolute atomic E-state index is 0.300. The highest BCUT2D eigenvalue weighted by Crippen LogP contribution is 2.21. The largest absolute Gasteiger partial charge is 0.398 e. The van der Waals surface area contributed by atoms with Crippen molar-refractivity contribution in [3.05, 3.63) is 29.8 Å². The molecule has 2 heteroatoms. The Hall–Kier alpha value is -1.46. The van der Waals surface area contributed by atoms with Crippen LogP contribution in [0.5, 0.6) is 0 Å². The molecule has 0 aromatic heterocycles. The number of nitrogen functional groups attached to an aromatic ring is 1. The summed E-state index contributed by atoms with van der Waals surface area (Å²) in [5, 5.41) is 9.48. The van der Waals surface area contributed by atoms with Crippen LogP contribution < -0.4 is 5.73 Å². The van der Waals surface area contributed by atoms with Crippen LogP contribution in [-0.4, -0.2) is 5.11 Å². The van der Waals surface area contributed by atoms with Crippen LogP contribution in [0.2, 0.25) is 0 Å². The zero-order valence-corrected chi connectivity index (χ0v) is 6.70. The fourth-order valence-electron chi connectivity index (χ4n) is 1.04. The third kappa shape index (κ3) is 1.77. The normalized spacial score (nSPS) is 12.0.